The van der Waals surface area contributed by atoms with Crippen molar-refractivity contribution in [3.63, 3.8) is 0 Å². The minimum absolute atomic E-state index is 0.231. The average Bonchev–Trinajstić information content (AvgIpc) is 2.37. The molecule has 19 heavy (non-hydrogen) atoms. The topological polar surface area (TPSA) is 46.2 Å². The highest BCUT2D eigenvalue weighted by Gasteiger charge is 2.29. The maximum Gasteiger partial charge on any atom is 0.0781 e. The lowest BCUT2D eigenvalue weighted by atomic mass is 9.81. The Morgan fingerprint density at radius 1 is 1.00 bits per heavy atom. The number of hydrogen-bond donors (Lipinski definition) is 2. The van der Waals surface area contributed by atoms with E-state index in [1.807, 2.05) is 39.0 Å². The van der Waals surface area contributed by atoms with Crippen molar-refractivity contribution in [3.05, 3.63) is 47.5 Å². The van der Waals surface area contributed by atoms with E-state index in [-0.39, 0.29) is 11.5 Å². The van der Waals surface area contributed by atoms with E-state index >= 15 is 0 Å². The van der Waals surface area contributed by atoms with Gasteiger partial charge in [0.15, 0.2) is 0 Å². The minimum atomic E-state index is -0.571. The average molecular weight is 257 g/mol. The number of nitrogens with two attached hydrogens (primary N) is 1. The normalized spacial score (nSPS) is 15.5. The van der Waals surface area contributed by atoms with Gasteiger partial charge in [0.05, 0.1) is 12.1 Å². The second kappa shape index (κ2) is 4.95. The van der Waals surface area contributed by atoms with Gasteiger partial charge in [0.25, 0.3) is 0 Å². The number of hydrogen-bond acceptors (Lipinski definition) is 2. The van der Waals surface area contributed by atoms with Gasteiger partial charge < -0.3 is 10.8 Å². The largest absolute Gasteiger partial charge is 0.391 e. The highest BCUT2D eigenvalue weighted by Crippen LogP contribution is 2.33. The van der Waals surface area contributed by atoms with Crippen LogP contribution in [-0.2, 0) is 0 Å². The maximum absolute atomic E-state index is 10.4. The monoisotopic (exact) mass is 257 g/mol. The lowest BCUT2D eigenvalue weighted by molar-refractivity contribution is 0.0405. The van der Waals surface area contributed by atoms with Crippen molar-refractivity contribution in [2.45, 2.75) is 39.8 Å². The van der Waals surface area contributed by atoms with Crippen LogP contribution in [0.25, 0.3) is 10.8 Å². The van der Waals surface area contributed by atoms with Crippen LogP contribution < -0.4 is 5.73 Å². The van der Waals surface area contributed by atoms with Gasteiger partial charge in [0.2, 0.25) is 0 Å². The Bertz CT molecular complexity index is 583. The summed E-state index contributed by atoms with van der Waals surface area (Å²) in [5, 5.41) is 12.8. The van der Waals surface area contributed by atoms with E-state index in [9.17, 15) is 5.11 Å². The predicted molar refractivity (Wildman–Crippen MR) is 81.1 cm³/mol. The highest BCUT2D eigenvalue weighted by molar-refractivity contribution is 5.89. The van der Waals surface area contributed by atoms with Gasteiger partial charge >= 0.3 is 0 Å². The summed E-state index contributed by atoms with van der Waals surface area (Å²) < 4.78 is 0. The first-order valence-corrected chi connectivity index (χ1v) is 6.74. The van der Waals surface area contributed by atoms with E-state index in [0.717, 1.165) is 10.9 Å². The quantitative estimate of drug-likeness (QED) is 0.864. The number of fused-ring (bicyclic) bond motifs is 1. The Labute approximate surface area is 115 Å². The van der Waals surface area contributed by atoms with E-state index in [0.29, 0.717) is 0 Å². The number of aliphatic hydroxyl groups is 1. The van der Waals surface area contributed by atoms with Crippen molar-refractivity contribution in [1.82, 2.24) is 0 Å². The smallest absolute Gasteiger partial charge is 0.0781 e. The third kappa shape index (κ3) is 2.65. The second-order valence-electron chi connectivity index (χ2n) is 6.35. The molecule has 0 amide bonds. The van der Waals surface area contributed by atoms with Crippen LogP contribution in [0.3, 0.4) is 0 Å². The summed E-state index contributed by atoms with van der Waals surface area (Å²) in [6.45, 7) is 8.12. The third-order valence-electron chi connectivity index (χ3n) is 3.76. The van der Waals surface area contributed by atoms with E-state index in [4.69, 9.17) is 5.73 Å². The summed E-state index contributed by atoms with van der Waals surface area (Å²) in [5.74, 6) is 0. The molecular weight excluding hydrogens is 234 g/mol. The molecule has 2 nitrogen and oxygen atoms in total. The van der Waals surface area contributed by atoms with Crippen molar-refractivity contribution in [2.75, 3.05) is 0 Å². The Balaban J connectivity index is 2.55. The molecular formula is C17H23NO. The van der Waals surface area contributed by atoms with Crippen LogP contribution in [0.2, 0.25) is 0 Å². The molecule has 2 aromatic carbocycles. The molecule has 3 N–H and O–H groups in total. The fourth-order valence-electron chi connectivity index (χ4n) is 2.47. The van der Waals surface area contributed by atoms with Crippen molar-refractivity contribution in [3.8, 4) is 0 Å². The van der Waals surface area contributed by atoms with Crippen molar-refractivity contribution in [2.24, 2.45) is 11.1 Å². The molecule has 2 atom stereocenters. The van der Waals surface area contributed by atoms with E-state index in [1.165, 1.54) is 10.9 Å². The first-order chi connectivity index (χ1) is 8.82. The lowest BCUT2D eigenvalue weighted by Crippen LogP contribution is -2.37. The Morgan fingerprint density at radius 3 is 2.16 bits per heavy atom. The number of aryl methyl sites for hydroxylation is 1. The number of aliphatic hydroxyl groups excluding tert-OH is 1. The minimum Gasteiger partial charge on any atom is -0.391 e. The summed E-state index contributed by atoms with van der Waals surface area (Å²) in [7, 11) is 0. The zero-order valence-corrected chi connectivity index (χ0v) is 12.1. The van der Waals surface area contributed by atoms with Gasteiger partial charge in [-0.1, -0.05) is 57.2 Å². The van der Waals surface area contributed by atoms with E-state index < -0.39 is 6.10 Å². The van der Waals surface area contributed by atoms with Crippen molar-refractivity contribution < 1.29 is 5.11 Å². The summed E-state index contributed by atoms with van der Waals surface area (Å²) in [6.07, 6.45) is -0.571. The van der Waals surface area contributed by atoms with Crippen LogP contribution in [0.4, 0.5) is 0 Å². The first-order valence-electron chi connectivity index (χ1n) is 6.74. The Morgan fingerprint density at radius 2 is 1.58 bits per heavy atom. The van der Waals surface area contributed by atoms with Gasteiger partial charge in [-0.2, -0.15) is 0 Å². The zero-order valence-electron chi connectivity index (χ0n) is 12.1. The summed E-state index contributed by atoms with van der Waals surface area (Å²) in [4.78, 5) is 0. The van der Waals surface area contributed by atoms with Gasteiger partial charge in [-0.3, -0.25) is 0 Å². The summed E-state index contributed by atoms with van der Waals surface area (Å²) in [6, 6.07) is 12.0. The molecule has 0 aliphatic heterocycles. The van der Waals surface area contributed by atoms with Gasteiger partial charge in [-0.15, -0.1) is 0 Å². The molecule has 0 saturated heterocycles. The van der Waals surface area contributed by atoms with Gasteiger partial charge in [-0.25, -0.2) is 0 Å². The zero-order chi connectivity index (χ0) is 14.2. The molecule has 0 radical (unpaired) electrons. The van der Waals surface area contributed by atoms with Crippen LogP contribution in [-0.4, -0.2) is 11.2 Å². The molecule has 0 saturated carbocycles. The Kier molecular flexibility index (Phi) is 3.66. The van der Waals surface area contributed by atoms with Crippen LogP contribution in [0.15, 0.2) is 36.4 Å². The van der Waals surface area contributed by atoms with Gasteiger partial charge in [-0.05, 0) is 34.2 Å². The van der Waals surface area contributed by atoms with Gasteiger partial charge in [0.1, 0.15) is 0 Å². The van der Waals surface area contributed by atoms with Crippen LogP contribution in [0, 0.1) is 12.3 Å². The fourth-order valence-corrected chi connectivity index (χ4v) is 2.47. The molecule has 0 unspecified atom stereocenters. The Hall–Kier alpha value is -1.38. The molecule has 0 spiro atoms. The molecule has 2 rings (SSSR count). The predicted octanol–water partition coefficient (Wildman–Crippen LogP) is 3.56. The van der Waals surface area contributed by atoms with Crippen molar-refractivity contribution in [1.29, 1.82) is 0 Å². The summed E-state index contributed by atoms with van der Waals surface area (Å²) >= 11 is 0. The second-order valence-corrected chi connectivity index (χ2v) is 6.35. The standard InChI is InChI=1S/C17H23NO/c1-11-9-10-14(13-8-6-5-7-12(11)13)15(18)16(19)17(2,3)4/h5-10,15-16,19H,18H2,1-4H3/t15-,16-/m0/s1. The van der Waals surface area contributed by atoms with Crippen molar-refractivity contribution >= 4 is 10.8 Å². The van der Waals surface area contributed by atoms with Gasteiger partial charge in [0, 0.05) is 0 Å². The SMILES string of the molecule is Cc1ccc([C@H](N)[C@H](O)C(C)(C)C)c2ccccc12. The lowest BCUT2D eigenvalue weighted by Gasteiger charge is -2.31. The number of rotatable bonds is 2. The highest BCUT2D eigenvalue weighted by atomic mass is 16.3. The molecule has 2 aromatic rings. The maximum atomic E-state index is 10.4. The molecule has 0 aliphatic carbocycles. The number of benzene rings is 2. The summed E-state index contributed by atoms with van der Waals surface area (Å²) in [5.41, 5.74) is 8.31. The van der Waals surface area contributed by atoms with E-state index in [2.05, 4.69) is 25.1 Å². The fraction of sp³-hybridized carbons (Fsp3) is 0.412. The van der Waals surface area contributed by atoms with Crippen LogP contribution in [0.5, 0.6) is 0 Å². The molecule has 0 aromatic heterocycles. The molecule has 102 valence electrons. The third-order valence-corrected chi connectivity index (χ3v) is 3.76. The molecule has 0 heterocycles. The molecule has 0 fully saturated rings. The van der Waals surface area contributed by atoms with Crippen LogP contribution in [0.1, 0.15) is 37.9 Å². The molecule has 0 aliphatic rings. The molecule has 0 bridgehead atoms. The van der Waals surface area contributed by atoms with Crippen LogP contribution >= 0.6 is 0 Å². The first kappa shape index (κ1) is 14.0. The van der Waals surface area contributed by atoms with E-state index in [1.54, 1.807) is 0 Å². The molecule has 2 heteroatoms.